The first-order valence-corrected chi connectivity index (χ1v) is 7.85. The smallest absolute Gasteiger partial charge is 0.286 e. The summed E-state index contributed by atoms with van der Waals surface area (Å²) < 4.78 is 0. The van der Waals surface area contributed by atoms with Crippen LogP contribution in [0.2, 0.25) is 0 Å². The highest BCUT2D eigenvalue weighted by molar-refractivity contribution is 5.86. The second-order valence-corrected chi connectivity index (χ2v) is 6.78. The molecule has 25 heavy (non-hydrogen) atoms. The van der Waals surface area contributed by atoms with Crippen molar-refractivity contribution < 1.29 is 14.8 Å². The number of nitro groups is 1. The number of anilines is 1. The fourth-order valence-electron chi connectivity index (χ4n) is 3.33. The lowest BCUT2D eigenvalue weighted by molar-refractivity contribution is -0.421. The topological polar surface area (TPSA) is 92.5 Å². The van der Waals surface area contributed by atoms with E-state index >= 15 is 0 Å². The highest BCUT2D eigenvalue weighted by Crippen LogP contribution is 2.37. The van der Waals surface area contributed by atoms with Crippen molar-refractivity contribution in [3.8, 4) is 0 Å². The number of hydrogen-bond donors (Lipinski definition) is 2. The monoisotopic (exact) mass is 338 g/mol. The SMILES string of the molecule is CC1=CC(C)(C)Nc2ccc(C3=CC=C([N+](=O)[O-])C(=C=O)C3O)cc21. The average molecular weight is 338 g/mol. The zero-order valence-electron chi connectivity index (χ0n) is 14.2. The van der Waals surface area contributed by atoms with Gasteiger partial charge in [0.1, 0.15) is 17.6 Å². The molecule has 1 aromatic rings. The predicted molar refractivity (Wildman–Crippen MR) is 96.1 cm³/mol. The standard InChI is InChI=1S/C19H18N2O4/c1-11-9-19(2,3)20-16-6-4-12(8-14(11)16)13-5-7-17(21(24)25)15(10-22)18(13)23/h4-9,18,20,23H,1-3H3. The lowest BCUT2D eigenvalue weighted by Crippen LogP contribution is -2.31. The van der Waals surface area contributed by atoms with Crippen molar-refractivity contribution in [2.75, 3.05) is 5.32 Å². The zero-order chi connectivity index (χ0) is 18.4. The Bertz CT molecular complexity index is 915. The molecule has 6 heteroatoms. The molecule has 0 spiro atoms. The van der Waals surface area contributed by atoms with Crippen LogP contribution in [0.1, 0.15) is 31.9 Å². The highest BCUT2D eigenvalue weighted by atomic mass is 16.6. The number of nitrogens with one attached hydrogen (secondary N) is 1. The summed E-state index contributed by atoms with van der Waals surface area (Å²) in [7, 11) is 0. The Labute approximate surface area is 145 Å². The molecule has 2 aliphatic rings. The van der Waals surface area contributed by atoms with Crippen molar-refractivity contribution >= 4 is 22.8 Å². The van der Waals surface area contributed by atoms with E-state index in [0.29, 0.717) is 11.1 Å². The van der Waals surface area contributed by atoms with Crippen LogP contribution >= 0.6 is 0 Å². The van der Waals surface area contributed by atoms with Crippen LogP contribution in [0.5, 0.6) is 0 Å². The summed E-state index contributed by atoms with van der Waals surface area (Å²) in [6.45, 7) is 6.16. The van der Waals surface area contributed by atoms with Crippen LogP contribution in [0.15, 0.2) is 47.7 Å². The number of nitrogens with zero attached hydrogens (tertiary/aromatic N) is 1. The van der Waals surface area contributed by atoms with Crippen LogP contribution < -0.4 is 5.32 Å². The molecule has 0 amide bonds. The largest absolute Gasteiger partial charge is 0.383 e. The van der Waals surface area contributed by atoms with Crippen LogP contribution in [0.3, 0.4) is 0 Å². The van der Waals surface area contributed by atoms with E-state index in [1.807, 2.05) is 25.1 Å². The minimum atomic E-state index is -1.38. The van der Waals surface area contributed by atoms with Crippen LogP contribution in [0.25, 0.3) is 11.1 Å². The van der Waals surface area contributed by atoms with Gasteiger partial charge in [-0.1, -0.05) is 12.1 Å². The Hall–Kier alpha value is -2.95. The fraction of sp³-hybridized carbons (Fsp3) is 0.263. The van der Waals surface area contributed by atoms with Crippen molar-refractivity contribution in [3.63, 3.8) is 0 Å². The van der Waals surface area contributed by atoms with Gasteiger partial charge in [-0.05, 0) is 55.7 Å². The summed E-state index contributed by atoms with van der Waals surface area (Å²) in [4.78, 5) is 21.4. The summed E-state index contributed by atoms with van der Waals surface area (Å²) in [5.41, 5.74) is 3.27. The van der Waals surface area contributed by atoms with E-state index in [1.54, 1.807) is 0 Å². The van der Waals surface area contributed by atoms with Gasteiger partial charge in [-0.25, -0.2) is 4.79 Å². The molecule has 128 valence electrons. The van der Waals surface area contributed by atoms with Gasteiger partial charge >= 0.3 is 0 Å². The maximum atomic E-state index is 11.1. The summed E-state index contributed by atoms with van der Waals surface area (Å²) in [5.74, 6) is 1.51. The molecule has 1 aliphatic heterocycles. The lowest BCUT2D eigenvalue weighted by atomic mass is 9.86. The van der Waals surface area contributed by atoms with Gasteiger partial charge in [0.05, 0.1) is 10.5 Å². The van der Waals surface area contributed by atoms with E-state index in [9.17, 15) is 20.0 Å². The van der Waals surface area contributed by atoms with E-state index in [-0.39, 0.29) is 11.1 Å². The molecular weight excluding hydrogens is 320 g/mol. The molecule has 1 unspecified atom stereocenters. The third-order valence-corrected chi connectivity index (χ3v) is 4.38. The minimum Gasteiger partial charge on any atom is -0.383 e. The molecule has 0 fully saturated rings. The molecular formula is C19H18N2O4. The Morgan fingerprint density at radius 1 is 1.32 bits per heavy atom. The fourth-order valence-corrected chi connectivity index (χ4v) is 3.33. The number of aliphatic hydroxyl groups is 1. The molecule has 0 saturated heterocycles. The van der Waals surface area contributed by atoms with Crippen molar-refractivity contribution in [2.24, 2.45) is 0 Å². The third-order valence-electron chi connectivity index (χ3n) is 4.38. The average Bonchev–Trinajstić information content (AvgIpc) is 2.53. The summed E-state index contributed by atoms with van der Waals surface area (Å²) in [6, 6.07) is 5.64. The molecule has 0 bridgehead atoms. The van der Waals surface area contributed by atoms with E-state index in [2.05, 4.69) is 25.2 Å². The van der Waals surface area contributed by atoms with Gasteiger partial charge in [0.25, 0.3) is 5.70 Å². The number of allylic oxidation sites excluding steroid dienone is 3. The summed E-state index contributed by atoms with van der Waals surface area (Å²) in [6.07, 6.45) is 3.45. The molecule has 1 aromatic carbocycles. The van der Waals surface area contributed by atoms with E-state index < -0.39 is 16.7 Å². The first-order valence-electron chi connectivity index (χ1n) is 7.85. The zero-order valence-corrected chi connectivity index (χ0v) is 14.2. The van der Waals surface area contributed by atoms with Gasteiger partial charge in [-0.15, -0.1) is 0 Å². The molecule has 0 saturated carbocycles. The van der Waals surface area contributed by atoms with Crippen molar-refractivity contribution in [2.45, 2.75) is 32.4 Å². The molecule has 1 heterocycles. The van der Waals surface area contributed by atoms with Crippen LogP contribution in [0, 0.1) is 10.1 Å². The van der Waals surface area contributed by atoms with Crippen LogP contribution in [0.4, 0.5) is 5.69 Å². The van der Waals surface area contributed by atoms with Crippen molar-refractivity contribution in [3.05, 3.63) is 68.9 Å². The molecule has 1 atom stereocenters. The minimum absolute atomic E-state index is 0.154. The van der Waals surface area contributed by atoms with E-state index in [1.165, 1.54) is 18.1 Å². The molecule has 1 aliphatic carbocycles. The molecule has 2 N–H and O–H groups in total. The van der Waals surface area contributed by atoms with E-state index in [0.717, 1.165) is 16.8 Å². The normalized spacial score (nSPS) is 21.2. The van der Waals surface area contributed by atoms with Crippen LogP contribution in [-0.4, -0.2) is 27.6 Å². The number of carbonyl (C=O) groups excluding carboxylic acids is 1. The number of hydrogen-bond acceptors (Lipinski definition) is 5. The third kappa shape index (κ3) is 2.93. The van der Waals surface area contributed by atoms with Crippen molar-refractivity contribution in [1.29, 1.82) is 0 Å². The maximum absolute atomic E-state index is 11.1. The van der Waals surface area contributed by atoms with Gasteiger partial charge in [0.15, 0.2) is 0 Å². The van der Waals surface area contributed by atoms with Gasteiger partial charge < -0.3 is 10.4 Å². The lowest BCUT2D eigenvalue weighted by Gasteiger charge is -2.32. The number of aliphatic hydroxyl groups excluding tert-OH is 1. The van der Waals surface area contributed by atoms with E-state index in [4.69, 9.17) is 0 Å². The number of fused-ring (bicyclic) bond motifs is 1. The van der Waals surface area contributed by atoms with Gasteiger partial charge in [0.2, 0.25) is 0 Å². The van der Waals surface area contributed by atoms with Gasteiger partial charge in [-0.3, -0.25) is 10.1 Å². The highest BCUT2D eigenvalue weighted by Gasteiger charge is 2.32. The van der Waals surface area contributed by atoms with Crippen molar-refractivity contribution in [1.82, 2.24) is 0 Å². The summed E-state index contributed by atoms with van der Waals surface area (Å²) >= 11 is 0. The Morgan fingerprint density at radius 2 is 2.04 bits per heavy atom. The Kier molecular flexibility index (Phi) is 3.95. The predicted octanol–water partition coefficient (Wildman–Crippen LogP) is 2.97. The first kappa shape index (κ1) is 16.9. The quantitative estimate of drug-likeness (QED) is 0.491. The summed E-state index contributed by atoms with van der Waals surface area (Å²) in [5, 5.41) is 24.8. The maximum Gasteiger partial charge on any atom is 0.286 e. The second kappa shape index (κ2) is 5.84. The molecule has 3 rings (SSSR count). The van der Waals surface area contributed by atoms with Crippen LogP contribution in [-0.2, 0) is 4.79 Å². The number of benzene rings is 1. The Morgan fingerprint density at radius 3 is 2.68 bits per heavy atom. The molecule has 6 nitrogen and oxygen atoms in total. The van der Waals surface area contributed by atoms with Gasteiger partial charge in [-0.2, -0.15) is 0 Å². The van der Waals surface area contributed by atoms with Gasteiger partial charge in [0, 0.05) is 17.3 Å². The molecule has 0 radical (unpaired) electrons. The second-order valence-electron chi connectivity index (χ2n) is 6.78. The number of rotatable bonds is 2. The first-order chi connectivity index (χ1) is 11.7. The molecule has 0 aromatic heterocycles. The Balaban J connectivity index is 2.09.